The maximum Gasteiger partial charge on any atom is 0.128 e. The molecule has 0 unspecified atom stereocenters. The Morgan fingerprint density at radius 2 is 1.93 bits per heavy atom. The van der Waals surface area contributed by atoms with Gasteiger partial charge in [0.1, 0.15) is 6.17 Å². The van der Waals surface area contributed by atoms with Gasteiger partial charge in [0.05, 0.1) is 12.2 Å². The van der Waals surface area contributed by atoms with Crippen molar-refractivity contribution in [3.63, 3.8) is 0 Å². The first-order valence-electron chi connectivity index (χ1n) is 5.91. The van der Waals surface area contributed by atoms with E-state index in [2.05, 4.69) is 24.1 Å². The van der Waals surface area contributed by atoms with Gasteiger partial charge in [-0.2, -0.15) is 0 Å². The predicted octanol–water partition coefficient (Wildman–Crippen LogP) is 0.796. The molecule has 15 heavy (non-hydrogen) atoms. The normalized spacial score (nSPS) is 44.2. The minimum atomic E-state index is -0.726. The van der Waals surface area contributed by atoms with Gasteiger partial charge in [-0.05, 0) is 26.8 Å². The van der Waals surface area contributed by atoms with Gasteiger partial charge in [0.15, 0.2) is 0 Å². The van der Waals surface area contributed by atoms with Gasteiger partial charge >= 0.3 is 0 Å². The smallest absolute Gasteiger partial charge is 0.128 e. The zero-order chi connectivity index (χ0) is 10.8. The second-order valence-electron chi connectivity index (χ2n) is 4.79. The monoisotopic (exact) mass is 216 g/mol. The lowest BCUT2D eigenvalue weighted by molar-refractivity contribution is -0.0920. The topological polar surface area (TPSA) is 24.5 Å². The Bertz CT molecular complexity index is 205. The number of rotatable bonds is 1. The summed E-state index contributed by atoms with van der Waals surface area (Å²) in [6.45, 7) is 7.31. The molecule has 88 valence electrons. The molecule has 1 N–H and O–H groups in total. The maximum atomic E-state index is 13.7. The van der Waals surface area contributed by atoms with Crippen molar-refractivity contribution in [3.05, 3.63) is 0 Å². The Hall–Kier alpha value is -0.190. The second kappa shape index (κ2) is 4.76. The van der Waals surface area contributed by atoms with Crippen molar-refractivity contribution in [2.24, 2.45) is 0 Å². The molecule has 2 saturated heterocycles. The summed E-state index contributed by atoms with van der Waals surface area (Å²) in [5.41, 5.74) is 0. The van der Waals surface area contributed by atoms with Crippen LogP contribution in [-0.4, -0.2) is 55.5 Å². The van der Waals surface area contributed by atoms with Gasteiger partial charge in [0.25, 0.3) is 0 Å². The van der Waals surface area contributed by atoms with E-state index in [9.17, 15) is 4.39 Å². The highest BCUT2D eigenvalue weighted by Crippen LogP contribution is 2.20. The molecule has 0 radical (unpaired) electrons. The summed E-state index contributed by atoms with van der Waals surface area (Å²) in [4.78, 5) is 2.27. The Morgan fingerprint density at radius 1 is 1.27 bits per heavy atom. The molecule has 0 bridgehead atoms. The fraction of sp³-hybridized carbons (Fsp3) is 1.00. The highest BCUT2D eigenvalue weighted by molar-refractivity contribution is 4.88. The van der Waals surface area contributed by atoms with Crippen LogP contribution < -0.4 is 5.32 Å². The van der Waals surface area contributed by atoms with Crippen molar-refractivity contribution >= 4 is 0 Å². The fourth-order valence-corrected chi connectivity index (χ4v) is 2.71. The molecule has 0 aliphatic carbocycles. The highest BCUT2D eigenvalue weighted by Gasteiger charge is 2.34. The van der Waals surface area contributed by atoms with Gasteiger partial charge < -0.3 is 10.1 Å². The third-order valence-electron chi connectivity index (χ3n) is 3.29. The van der Waals surface area contributed by atoms with Crippen LogP contribution in [0.5, 0.6) is 0 Å². The van der Waals surface area contributed by atoms with Crippen LogP contribution in [0.25, 0.3) is 0 Å². The molecule has 2 aliphatic heterocycles. The summed E-state index contributed by atoms with van der Waals surface area (Å²) in [5, 5.41) is 3.09. The Kier molecular flexibility index (Phi) is 3.59. The molecule has 2 fully saturated rings. The minimum Gasteiger partial charge on any atom is -0.373 e. The number of piperidine rings is 1. The third-order valence-corrected chi connectivity index (χ3v) is 3.29. The average molecular weight is 216 g/mol. The number of hydrogen-bond donors (Lipinski definition) is 1. The van der Waals surface area contributed by atoms with E-state index < -0.39 is 6.17 Å². The molecule has 2 rings (SSSR count). The van der Waals surface area contributed by atoms with Crippen LogP contribution in [-0.2, 0) is 4.74 Å². The first kappa shape index (κ1) is 11.3. The van der Waals surface area contributed by atoms with Crippen LogP contribution in [0.15, 0.2) is 0 Å². The summed E-state index contributed by atoms with van der Waals surface area (Å²) in [5.74, 6) is 0. The predicted molar refractivity (Wildman–Crippen MR) is 57.8 cm³/mol. The summed E-state index contributed by atoms with van der Waals surface area (Å²) >= 11 is 0. The van der Waals surface area contributed by atoms with E-state index in [4.69, 9.17) is 4.74 Å². The minimum absolute atomic E-state index is 0.0973. The molecule has 2 heterocycles. The summed E-state index contributed by atoms with van der Waals surface area (Å²) < 4.78 is 19.4. The molecular weight excluding hydrogens is 195 g/mol. The second-order valence-corrected chi connectivity index (χ2v) is 4.79. The maximum absolute atomic E-state index is 13.7. The van der Waals surface area contributed by atoms with Crippen LogP contribution in [0.4, 0.5) is 4.39 Å². The number of alkyl halides is 1. The molecule has 0 aromatic carbocycles. The van der Waals surface area contributed by atoms with Gasteiger partial charge in [-0.3, -0.25) is 4.90 Å². The lowest BCUT2D eigenvalue weighted by Gasteiger charge is -2.42. The van der Waals surface area contributed by atoms with Crippen molar-refractivity contribution in [1.82, 2.24) is 10.2 Å². The molecule has 4 heteroatoms. The standard InChI is InChI=1S/C11H21FN2O/c1-8-6-14(7-9(2)15-8)11-3-4-13-5-10(11)12/h8-11,13H,3-7H2,1-2H3/t8-,9+,10-,11+/m0/s1. The SMILES string of the molecule is C[C@@H]1CN([C@@H]2CCNC[C@@H]2F)C[C@H](C)O1. The number of ether oxygens (including phenoxy) is 1. The van der Waals surface area contributed by atoms with E-state index in [1.807, 2.05) is 0 Å². The molecule has 0 amide bonds. The van der Waals surface area contributed by atoms with Crippen molar-refractivity contribution in [2.45, 2.75) is 44.7 Å². The van der Waals surface area contributed by atoms with Gasteiger partial charge in [-0.1, -0.05) is 0 Å². The van der Waals surface area contributed by atoms with E-state index in [0.717, 1.165) is 26.1 Å². The molecular formula is C11H21FN2O. The van der Waals surface area contributed by atoms with Crippen molar-refractivity contribution in [3.8, 4) is 0 Å². The molecule has 0 saturated carbocycles. The van der Waals surface area contributed by atoms with Crippen LogP contribution in [0.2, 0.25) is 0 Å². The lowest BCUT2D eigenvalue weighted by Crippen LogP contribution is -2.57. The van der Waals surface area contributed by atoms with Gasteiger partial charge in [0.2, 0.25) is 0 Å². The number of nitrogens with one attached hydrogen (secondary N) is 1. The van der Waals surface area contributed by atoms with Crippen LogP contribution in [0, 0.1) is 0 Å². The number of morpholine rings is 1. The van der Waals surface area contributed by atoms with E-state index >= 15 is 0 Å². The number of nitrogens with zero attached hydrogens (tertiary/aromatic N) is 1. The van der Waals surface area contributed by atoms with E-state index in [0.29, 0.717) is 6.54 Å². The Balaban J connectivity index is 1.95. The molecule has 4 atom stereocenters. The van der Waals surface area contributed by atoms with Crippen molar-refractivity contribution in [2.75, 3.05) is 26.2 Å². The molecule has 3 nitrogen and oxygen atoms in total. The van der Waals surface area contributed by atoms with Gasteiger partial charge in [0, 0.05) is 25.7 Å². The highest BCUT2D eigenvalue weighted by atomic mass is 19.1. The fourth-order valence-electron chi connectivity index (χ4n) is 2.71. The van der Waals surface area contributed by atoms with E-state index in [1.54, 1.807) is 0 Å². The third kappa shape index (κ3) is 2.68. The summed E-state index contributed by atoms with van der Waals surface area (Å²) in [7, 11) is 0. The van der Waals surface area contributed by atoms with Crippen molar-refractivity contribution in [1.29, 1.82) is 0 Å². The largest absolute Gasteiger partial charge is 0.373 e. The average Bonchev–Trinajstić information content (AvgIpc) is 2.16. The number of hydrogen-bond acceptors (Lipinski definition) is 3. The summed E-state index contributed by atoms with van der Waals surface area (Å²) in [6, 6.07) is 0.0973. The van der Waals surface area contributed by atoms with Crippen molar-refractivity contribution < 1.29 is 9.13 Å². The van der Waals surface area contributed by atoms with Crippen LogP contribution in [0.3, 0.4) is 0 Å². The van der Waals surface area contributed by atoms with Crippen LogP contribution in [0.1, 0.15) is 20.3 Å². The molecule has 0 aromatic heterocycles. The van der Waals surface area contributed by atoms with Gasteiger partial charge in [-0.25, -0.2) is 4.39 Å². The van der Waals surface area contributed by atoms with Gasteiger partial charge in [-0.15, -0.1) is 0 Å². The Morgan fingerprint density at radius 3 is 2.53 bits per heavy atom. The van der Waals surface area contributed by atoms with E-state index in [1.165, 1.54) is 0 Å². The Labute approximate surface area is 91.0 Å². The first-order valence-corrected chi connectivity index (χ1v) is 5.91. The zero-order valence-electron chi connectivity index (χ0n) is 9.58. The first-order chi connectivity index (χ1) is 7.16. The number of halogens is 1. The molecule has 0 spiro atoms. The van der Waals surface area contributed by atoms with E-state index in [-0.39, 0.29) is 18.2 Å². The molecule has 0 aromatic rings. The summed E-state index contributed by atoms with van der Waals surface area (Å²) in [6.07, 6.45) is 0.656. The lowest BCUT2D eigenvalue weighted by atomic mass is 10.0. The van der Waals surface area contributed by atoms with Crippen LogP contribution >= 0.6 is 0 Å². The molecule has 2 aliphatic rings. The zero-order valence-corrected chi connectivity index (χ0v) is 9.58. The quantitative estimate of drug-likeness (QED) is 0.701.